The summed E-state index contributed by atoms with van der Waals surface area (Å²) in [5.74, 6) is -0.586. The Kier molecular flexibility index (Phi) is 3.56. The number of anilines is 1. The van der Waals surface area contributed by atoms with Crippen molar-refractivity contribution in [1.82, 2.24) is 10.3 Å². The van der Waals surface area contributed by atoms with E-state index in [1.807, 2.05) is 42.5 Å². The number of nitrogens with zero attached hydrogens (tertiary/aromatic N) is 1. The Bertz CT molecular complexity index is 784. The Morgan fingerprint density at radius 1 is 1.21 bits per heavy atom. The molecule has 2 aliphatic rings. The molecule has 0 saturated heterocycles. The first-order chi connectivity index (χ1) is 11.7. The molecule has 0 bridgehead atoms. The molecule has 5 nitrogen and oxygen atoms in total. The van der Waals surface area contributed by atoms with Crippen LogP contribution in [0.15, 0.2) is 48.7 Å². The van der Waals surface area contributed by atoms with Gasteiger partial charge in [-0.2, -0.15) is 0 Å². The maximum atomic E-state index is 12.3. The number of amides is 2. The zero-order valence-corrected chi connectivity index (χ0v) is 13.3. The third kappa shape index (κ3) is 2.66. The molecule has 0 unspecified atom stereocenters. The van der Waals surface area contributed by atoms with Crippen LogP contribution in [0.1, 0.15) is 36.4 Å². The summed E-state index contributed by atoms with van der Waals surface area (Å²) in [6, 6.07) is 13.4. The minimum absolute atomic E-state index is 0.0211. The average molecular weight is 321 g/mol. The van der Waals surface area contributed by atoms with Gasteiger partial charge in [0, 0.05) is 36.0 Å². The number of pyridine rings is 1. The molecule has 4 rings (SSSR count). The maximum Gasteiger partial charge on any atom is 0.232 e. The molecule has 1 aromatic heterocycles. The number of rotatable bonds is 5. The topological polar surface area (TPSA) is 71.1 Å². The van der Waals surface area contributed by atoms with E-state index in [0.717, 1.165) is 29.8 Å². The van der Waals surface area contributed by atoms with E-state index in [1.54, 1.807) is 6.20 Å². The molecule has 2 N–H and O–H groups in total. The monoisotopic (exact) mass is 321 g/mol. The second kappa shape index (κ2) is 5.74. The normalized spacial score (nSPS) is 20.2. The highest BCUT2D eigenvalue weighted by molar-refractivity contribution is 6.04. The van der Waals surface area contributed by atoms with Gasteiger partial charge >= 0.3 is 0 Å². The predicted octanol–water partition coefficient (Wildman–Crippen LogP) is 2.36. The summed E-state index contributed by atoms with van der Waals surface area (Å²) >= 11 is 0. The Morgan fingerprint density at radius 2 is 2.00 bits per heavy atom. The molecular weight excluding hydrogens is 302 g/mol. The van der Waals surface area contributed by atoms with Crippen LogP contribution in [0.2, 0.25) is 0 Å². The Hall–Kier alpha value is -2.69. The molecule has 1 aromatic carbocycles. The lowest BCUT2D eigenvalue weighted by Crippen LogP contribution is -2.34. The van der Waals surface area contributed by atoms with Crippen LogP contribution in [0.3, 0.4) is 0 Å². The lowest BCUT2D eigenvalue weighted by Gasteiger charge is -2.16. The fourth-order valence-electron chi connectivity index (χ4n) is 3.35. The lowest BCUT2D eigenvalue weighted by atomic mass is 9.96. The van der Waals surface area contributed by atoms with Crippen molar-refractivity contribution in [3.8, 4) is 0 Å². The van der Waals surface area contributed by atoms with Crippen LogP contribution in [0.5, 0.6) is 0 Å². The van der Waals surface area contributed by atoms with Crippen LogP contribution in [-0.2, 0) is 15.0 Å². The van der Waals surface area contributed by atoms with Crippen molar-refractivity contribution in [3.63, 3.8) is 0 Å². The van der Waals surface area contributed by atoms with Gasteiger partial charge in [-0.05, 0) is 36.6 Å². The number of hydrogen-bond acceptors (Lipinski definition) is 3. The Balaban J connectivity index is 1.39. The summed E-state index contributed by atoms with van der Waals surface area (Å²) in [4.78, 5) is 28.9. The van der Waals surface area contributed by atoms with Crippen molar-refractivity contribution in [2.24, 2.45) is 0 Å². The van der Waals surface area contributed by atoms with Crippen molar-refractivity contribution >= 4 is 17.5 Å². The van der Waals surface area contributed by atoms with Gasteiger partial charge in [-0.15, -0.1) is 0 Å². The summed E-state index contributed by atoms with van der Waals surface area (Å²) in [5.41, 5.74) is 2.73. The zero-order chi connectivity index (χ0) is 16.6. The standard InChI is InChI=1S/C19H19N3O2/c23-17(11-14-13-5-1-2-6-15(13)22-18(14)24)21-12-19(8-9-19)16-7-3-4-10-20-16/h1-7,10,14H,8-9,11-12H2,(H,21,23)(H,22,24)/t14-/m0/s1. The molecule has 1 atom stereocenters. The number of aromatic nitrogens is 1. The highest BCUT2D eigenvalue weighted by Crippen LogP contribution is 2.46. The van der Waals surface area contributed by atoms with Crippen molar-refractivity contribution in [3.05, 3.63) is 59.9 Å². The van der Waals surface area contributed by atoms with Crippen molar-refractivity contribution in [1.29, 1.82) is 0 Å². The fraction of sp³-hybridized carbons (Fsp3) is 0.316. The molecule has 1 saturated carbocycles. The van der Waals surface area contributed by atoms with Gasteiger partial charge in [0.25, 0.3) is 0 Å². The largest absolute Gasteiger partial charge is 0.355 e. The molecule has 2 aromatic rings. The third-order valence-electron chi connectivity index (χ3n) is 4.99. The lowest BCUT2D eigenvalue weighted by molar-refractivity contribution is -0.125. The molecule has 2 heterocycles. The molecule has 24 heavy (non-hydrogen) atoms. The molecule has 1 fully saturated rings. The van der Waals surface area contributed by atoms with Crippen molar-refractivity contribution in [2.45, 2.75) is 30.6 Å². The molecule has 1 aliphatic carbocycles. The van der Waals surface area contributed by atoms with Gasteiger partial charge in [0.2, 0.25) is 11.8 Å². The van der Waals surface area contributed by atoms with Crippen LogP contribution in [0.4, 0.5) is 5.69 Å². The van der Waals surface area contributed by atoms with E-state index in [9.17, 15) is 9.59 Å². The number of nitrogens with one attached hydrogen (secondary N) is 2. The SMILES string of the molecule is O=C(C[C@@H]1C(=O)Nc2ccccc21)NCC1(c2ccccn2)CC1. The van der Waals surface area contributed by atoms with Gasteiger partial charge in [-0.25, -0.2) is 0 Å². The molecular formula is C19H19N3O2. The van der Waals surface area contributed by atoms with Crippen LogP contribution in [-0.4, -0.2) is 23.3 Å². The molecule has 0 spiro atoms. The van der Waals surface area contributed by atoms with E-state index in [0.29, 0.717) is 6.54 Å². The van der Waals surface area contributed by atoms with E-state index < -0.39 is 5.92 Å². The predicted molar refractivity (Wildman–Crippen MR) is 90.6 cm³/mol. The highest BCUT2D eigenvalue weighted by atomic mass is 16.2. The quantitative estimate of drug-likeness (QED) is 0.888. The van der Waals surface area contributed by atoms with Gasteiger partial charge in [-0.1, -0.05) is 24.3 Å². The van der Waals surface area contributed by atoms with Crippen LogP contribution < -0.4 is 10.6 Å². The van der Waals surface area contributed by atoms with E-state index in [-0.39, 0.29) is 23.7 Å². The van der Waals surface area contributed by atoms with E-state index >= 15 is 0 Å². The number of carbonyl (C=O) groups excluding carboxylic acids is 2. The first-order valence-corrected chi connectivity index (χ1v) is 8.26. The van der Waals surface area contributed by atoms with Crippen LogP contribution in [0.25, 0.3) is 0 Å². The van der Waals surface area contributed by atoms with E-state index in [1.165, 1.54) is 0 Å². The minimum Gasteiger partial charge on any atom is -0.355 e. The summed E-state index contributed by atoms with van der Waals surface area (Å²) in [6.07, 6.45) is 4.05. The van der Waals surface area contributed by atoms with Gasteiger partial charge in [-0.3, -0.25) is 14.6 Å². The molecule has 2 amide bonds. The van der Waals surface area contributed by atoms with Crippen LogP contribution in [0, 0.1) is 0 Å². The van der Waals surface area contributed by atoms with Crippen molar-refractivity contribution in [2.75, 3.05) is 11.9 Å². The number of para-hydroxylation sites is 1. The summed E-state index contributed by atoms with van der Waals surface area (Å²) in [7, 11) is 0. The number of fused-ring (bicyclic) bond motifs is 1. The number of hydrogen-bond donors (Lipinski definition) is 2. The summed E-state index contributed by atoms with van der Waals surface area (Å²) in [5, 5.41) is 5.84. The molecule has 122 valence electrons. The van der Waals surface area contributed by atoms with Gasteiger partial charge in [0.15, 0.2) is 0 Å². The Morgan fingerprint density at radius 3 is 2.75 bits per heavy atom. The number of benzene rings is 1. The minimum atomic E-state index is -0.397. The van der Waals surface area contributed by atoms with E-state index in [2.05, 4.69) is 15.6 Å². The van der Waals surface area contributed by atoms with Gasteiger partial charge in [0.1, 0.15) is 0 Å². The maximum absolute atomic E-state index is 12.3. The second-order valence-electron chi connectivity index (χ2n) is 6.61. The highest BCUT2D eigenvalue weighted by Gasteiger charge is 2.45. The first-order valence-electron chi connectivity index (χ1n) is 8.26. The van der Waals surface area contributed by atoms with Crippen molar-refractivity contribution < 1.29 is 9.59 Å². The zero-order valence-electron chi connectivity index (χ0n) is 13.3. The molecule has 5 heteroatoms. The fourth-order valence-corrected chi connectivity index (χ4v) is 3.35. The molecule has 0 radical (unpaired) electrons. The first kappa shape index (κ1) is 14.9. The summed E-state index contributed by atoms with van der Waals surface area (Å²) < 4.78 is 0. The number of carbonyl (C=O) groups is 2. The van der Waals surface area contributed by atoms with Crippen LogP contribution >= 0.6 is 0 Å². The molecule has 1 aliphatic heterocycles. The van der Waals surface area contributed by atoms with E-state index in [4.69, 9.17) is 0 Å². The van der Waals surface area contributed by atoms with Gasteiger partial charge in [0.05, 0.1) is 5.92 Å². The Labute approximate surface area is 140 Å². The van der Waals surface area contributed by atoms with Gasteiger partial charge < -0.3 is 10.6 Å². The summed E-state index contributed by atoms with van der Waals surface area (Å²) in [6.45, 7) is 0.582. The average Bonchev–Trinajstić information content (AvgIpc) is 3.34. The second-order valence-corrected chi connectivity index (χ2v) is 6.61. The third-order valence-corrected chi connectivity index (χ3v) is 4.99. The smallest absolute Gasteiger partial charge is 0.232 e.